The highest BCUT2D eigenvalue weighted by molar-refractivity contribution is 5.78. The third-order valence-corrected chi connectivity index (χ3v) is 2.93. The van der Waals surface area contributed by atoms with E-state index in [1.165, 1.54) is 18.2 Å². The molecular formula is C13H9F3O3. The van der Waals surface area contributed by atoms with Gasteiger partial charge in [0.1, 0.15) is 5.75 Å². The second-order valence-corrected chi connectivity index (χ2v) is 4.17. The van der Waals surface area contributed by atoms with Gasteiger partial charge < -0.3 is 9.84 Å². The number of rotatable bonds is 1. The van der Waals surface area contributed by atoms with Gasteiger partial charge in [0.25, 0.3) is 0 Å². The molecule has 1 aliphatic rings. The van der Waals surface area contributed by atoms with E-state index < -0.39 is 30.6 Å². The predicted octanol–water partition coefficient (Wildman–Crippen LogP) is 2.55. The summed E-state index contributed by atoms with van der Waals surface area (Å²) in [5, 5.41) is 9.06. The summed E-state index contributed by atoms with van der Waals surface area (Å²) >= 11 is 0. The summed E-state index contributed by atoms with van der Waals surface area (Å²) in [5.41, 5.74) is 0.586. The average Bonchev–Trinajstić information content (AvgIpc) is 2.35. The van der Waals surface area contributed by atoms with Gasteiger partial charge in [0.05, 0.1) is 5.92 Å². The summed E-state index contributed by atoms with van der Waals surface area (Å²) in [5.74, 6) is -0.376. The van der Waals surface area contributed by atoms with Crippen molar-refractivity contribution in [1.82, 2.24) is 0 Å². The van der Waals surface area contributed by atoms with E-state index in [4.69, 9.17) is 16.3 Å². The molecule has 0 spiro atoms. The number of carboxylic acids is 1. The maximum absolute atomic E-state index is 12.7. The van der Waals surface area contributed by atoms with E-state index in [1.807, 2.05) is 0 Å². The van der Waals surface area contributed by atoms with Crippen molar-refractivity contribution in [2.45, 2.75) is 24.6 Å². The van der Waals surface area contributed by atoms with Crippen LogP contribution in [0.4, 0.5) is 13.2 Å². The van der Waals surface area contributed by atoms with E-state index in [0.29, 0.717) is 5.56 Å². The Morgan fingerprint density at radius 1 is 1.47 bits per heavy atom. The van der Waals surface area contributed by atoms with Crippen LogP contribution in [0.25, 0.3) is 0 Å². The lowest BCUT2D eigenvalue weighted by atomic mass is 9.88. The highest BCUT2D eigenvalue weighted by Crippen LogP contribution is 2.41. The fourth-order valence-corrected chi connectivity index (χ4v) is 1.99. The number of terminal acetylenes is 1. The van der Waals surface area contributed by atoms with E-state index in [9.17, 15) is 18.0 Å². The largest absolute Gasteiger partial charge is 0.481 e. The lowest BCUT2D eigenvalue weighted by molar-refractivity contribution is -0.201. The zero-order valence-electron chi connectivity index (χ0n) is 9.57. The van der Waals surface area contributed by atoms with Crippen LogP contribution in [-0.2, 0) is 4.79 Å². The molecule has 6 heteroatoms. The molecule has 0 radical (unpaired) electrons. The summed E-state index contributed by atoms with van der Waals surface area (Å²) in [6, 6.07) is 4.07. The first-order chi connectivity index (χ1) is 8.82. The number of carbonyl (C=O) groups is 1. The lowest BCUT2D eigenvalue weighted by Gasteiger charge is -2.31. The number of aliphatic carboxylic acids is 1. The van der Waals surface area contributed by atoms with Crippen molar-refractivity contribution in [3.63, 3.8) is 0 Å². The summed E-state index contributed by atoms with van der Waals surface area (Å²) < 4.78 is 42.8. The van der Waals surface area contributed by atoms with Crippen LogP contribution in [0.5, 0.6) is 5.75 Å². The number of hydrogen-bond acceptors (Lipinski definition) is 2. The normalized spacial score (nSPS) is 22.0. The van der Waals surface area contributed by atoms with E-state index in [-0.39, 0.29) is 11.3 Å². The van der Waals surface area contributed by atoms with Gasteiger partial charge in [-0.25, -0.2) is 0 Å². The van der Waals surface area contributed by atoms with Gasteiger partial charge in [-0.05, 0) is 18.2 Å². The van der Waals surface area contributed by atoms with Gasteiger partial charge in [-0.3, -0.25) is 4.79 Å². The molecule has 1 heterocycles. The number of hydrogen-bond donors (Lipinski definition) is 1. The maximum atomic E-state index is 12.7. The fourth-order valence-electron chi connectivity index (χ4n) is 1.99. The van der Waals surface area contributed by atoms with Crippen LogP contribution in [-0.4, -0.2) is 23.4 Å². The van der Waals surface area contributed by atoms with Gasteiger partial charge in [-0.2, -0.15) is 13.2 Å². The number of benzene rings is 1. The first kappa shape index (κ1) is 13.3. The van der Waals surface area contributed by atoms with Crippen molar-refractivity contribution >= 4 is 5.97 Å². The molecule has 100 valence electrons. The van der Waals surface area contributed by atoms with Gasteiger partial charge in [-0.1, -0.05) is 5.92 Å². The molecule has 0 saturated carbocycles. The monoisotopic (exact) mass is 270 g/mol. The standard InChI is InChI=1S/C13H9F3O3/c1-2-7-3-4-10-8(5-7)9(12(17)18)6-11(19-10)13(14,15)16/h1,3-5,9,11H,6H2,(H,17,18). The Morgan fingerprint density at radius 2 is 2.16 bits per heavy atom. The smallest absolute Gasteiger partial charge is 0.425 e. The van der Waals surface area contributed by atoms with Crippen LogP contribution in [0.2, 0.25) is 0 Å². The van der Waals surface area contributed by atoms with E-state index in [2.05, 4.69) is 5.92 Å². The summed E-state index contributed by atoms with van der Waals surface area (Å²) in [6.45, 7) is 0. The number of alkyl halides is 3. The zero-order valence-corrected chi connectivity index (χ0v) is 9.57. The first-order valence-electron chi connectivity index (χ1n) is 5.39. The van der Waals surface area contributed by atoms with Gasteiger partial charge in [-0.15, -0.1) is 6.42 Å². The minimum absolute atomic E-state index is 0.0834. The van der Waals surface area contributed by atoms with E-state index in [1.54, 1.807) is 0 Å². The summed E-state index contributed by atoms with van der Waals surface area (Å²) in [6.07, 6.45) is -2.18. The molecule has 1 aromatic rings. The molecule has 0 saturated heterocycles. The molecule has 0 fully saturated rings. The average molecular weight is 270 g/mol. The quantitative estimate of drug-likeness (QED) is 0.798. The Labute approximate surface area is 107 Å². The Morgan fingerprint density at radius 3 is 2.68 bits per heavy atom. The predicted molar refractivity (Wildman–Crippen MR) is 59.8 cm³/mol. The van der Waals surface area contributed by atoms with Crippen molar-refractivity contribution in [3.8, 4) is 18.1 Å². The molecule has 1 aliphatic heterocycles. The summed E-state index contributed by atoms with van der Waals surface area (Å²) in [7, 11) is 0. The Bertz CT molecular complexity index is 557. The second kappa shape index (κ2) is 4.50. The van der Waals surface area contributed by atoms with Crippen LogP contribution in [0.3, 0.4) is 0 Å². The van der Waals surface area contributed by atoms with Crippen LogP contribution >= 0.6 is 0 Å². The van der Waals surface area contributed by atoms with Crippen molar-refractivity contribution in [2.75, 3.05) is 0 Å². The third kappa shape index (κ3) is 2.50. The highest BCUT2D eigenvalue weighted by atomic mass is 19.4. The minimum atomic E-state index is -4.60. The molecule has 2 rings (SSSR count). The second-order valence-electron chi connectivity index (χ2n) is 4.17. The molecule has 19 heavy (non-hydrogen) atoms. The zero-order chi connectivity index (χ0) is 14.2. The van der Waals surface area contributed by atoms with E-state index in [0.717, 1.165) is 0 Å². The molecule has 3 nitrogen and oxygen atoms in total. The van der Waals surface area contributed by atoms with E-state index >= 15 is 0 Å². The minimum Gasteiger partial charge on any atom is -0.481 e. The van der Waals surface area contributed by atoms with Crippen molar-refractivity contribution in [2.24, 2.45) is 0 Å². The first-order valence-corrected chi connectivity index (χ1v) is 5.39. The highest BCUT2D eigenvalue weighted by Gasteiger charge is 2.47. The Balaban J connectivity index is 2.47. The van der Waals surface area contributed by atoms with Crippen molar-refractivity contribution in [1.29, 1.82) is 0 Å². The molecule has 2 unspecified atom stereocenters. The fraction of sp³-hybridized carbons (Fsp3) is 0.308. The molecule has 1 aromatic carbocycles. The van der Waals surface area contributed by atoms with Crippen LogP contribution in [0, 0.1) is 12.3 Å². The molecule has 0 bridgehead atoms. The Hall–Kier alpha value is -2.16. The molecular weight excluding hydrogens is 261 g/mol. The number of fused-ring (bicyclic) bond motifs is 1. The summed E-state index contributed by atoms with van der Waals surface area (Å²) in [4.78, 5) is 11.1. The third-order valence-electron chi connectivity index (χ3n) is 2.93. The molecule has 2 atom stereocenters. The van der Waals surface area contributed by atoms with Crippen molar-refractivity contribution < 1.29 is 27.8 Å². The lowest BCUT2D eigenvalue weighted by Crippen LogP contribution is -2.40. The van der Waals surface area contributed by atoms with Crippen LogP contribution in [0.15, 0.2) is 18.2 Å². The topological polar surface area (TPSA) is 46.5 Å². The van der Waals surface area contributed by atoms with Crippen LogP contribution < -0.4 is 4.74 Å². The molecule has 0 amide bonds. The number of halogens is 3. The van der Waals surface area contributed by atoms with Gasteiger partial charge >= 0.3 is 12.1 Å². The Kier molecular flexibility index (Phi) is 3.14. The number of ether oxygens (including phenoxy) is 1. The molecule has 0 aliphatic carbocycles. The van der Waals surface area contributed by atoms with Crippen LogP contribution in [0.1, 0.15) is 23.5 Å². The molecule has 0 aromatic heterocycles. The maximum Gasteiger partial charge on any atom is 0.425 e. The van der Waals surface area contributed by atoms with Crippen molar-refractivity contribution in [3.05, 3.63) is 29.3 Å². The van der Waals surface area contributed by atoms with Gasteiger partial charge in [0.15, 0.2) is 6.10 Å². The van der Waals surface area contributed by atoms with Gasteiger partial charge in [0, 0.05) is 17.5 Å². The number of carboxylic acid groups (broad SMARTS) is 1. The molecule has 1 N–H and O–H groups in total. The SMILES string of the molecule is C#Cc1ccc2c(c1)C(C(=O)O)CC(C(F)(F)F)O2. The van der Waals surface area contributed by atoms with Gasteiger partial charge in [0.2, 0.25) is 0 Å².